The average Bonchev–Trinajstić information content (AvgIpc) is 2.86. The van der Waals surface area contributed by atoms with Gasteiger partial charge in [-0.15, -0.1) is 6.42 Å². The molecule has 0 amide bonds. The first-order valence-corrected chi connectivity index (χ1v) is 9.50. The molecule has 3 fully saturated rings. The zero-order valence-electron chi connectivity index (χ0n) is 15.0. The molecule has 0 aromatic carbocycles. The van der Waals surface area contributed by atoms with Gasteiger partial charge in [0.2, 0.25) is 0 Å². The Labute approximate surface area is 149 Å². The van der Waals surface area contributed by atoms with E-state index in [1.165, 1.54) is 0 Å². The Bertz CT molecular complexity index is 690. The first-order valence-electron chi connectivity index (χ1n) is 9.50. The van der Waals surface area contributed by atoms with Crippen molar-refractivity contribution >= 4 is 5.78 Å². The number of carbonyl (C=O) groups excluding carboxylic acids is 1. The van der Waals surface area contributed by atoms with Gasteiger partial charge in [0.1, 0.15) is 11.7 Å². The van der Waals surface area contributed by atoms with Crippen molar-refractivity contribution in [2.75, 3.05) is 0 Å². The third kappa shape index (κ3) is 1.98. The number of carbonyl (C=O) groups is 1. The zero-order valence-corrected chi connectivity index (χ0v) is 15.0. The molecule has 4 aliphatic carbocycles. The molecule has 0 aromatic rings. The number of fused-ring (bicyclic) bond motifs is 5. The van der Waals surface area contributed by atoms with Crippen molar-refractivity contribution in [3.05, 3.63) is 11.6 Å². The molecule has 3 N–H and O–H groups in total. The van der Waals surface area contributed by atoms with Crippen LogP contribution in [0.3, 0.4) is 0 Å². The van der Waals surface area contributed by atoms with Crippen molar-refractivity contribution in [3.8, 4) is 12.3 Å². The third-order valence-electron chi connectivity index (χ3n) is 8.41. The fourth-order valence-electron chi connectivity index (χ4n) is 6.70. The number of terminal acetylenes is 1. The maximum atomic E-state index is 13.1. The fourth-order valence-corrected chi connectivity index (χ4v) is 6.70. The lowest BCUT2D eigenvalue weighted by molar-refractivity contribution is -0.143. The Morgan fingerprint density at radius 1 is 1.12 bits per heavy atom. The molecule has 25 heavy (non-hydrogen) atoms. The van der Waals surface area contributed by atoms with E-state index >= 15 is 0 Å². The molecule has 0 bridgehead atoms. The van der Waals surface area contributed by atoms with Gasteiger partial charge in [-0.25, -0.2) is 0 Å². The average molecular weight is 344 g/mol. The van der Waals surface area contributed by atoms with Gasteiger partial charge >= 0.3 is 0 Å². The number of aliphatic hydroxyl groups is 3. The van der Waals surface area contributed by atoms with Crippen molar-refractivity contribution < 1.29 is 20.1 Å². The molecule has 3 saturated carbocycles. The molecule has 0 aromatic heterocycles. The summed E-state index contributed by atoms with van der Waals surface area (Å²) in [4.78, 5) is 13.1. The highest BCUT2D eigenvalue weighted by molar-refractivity contribution is 5.95. The lowest BCUT2D eigenvalue weighted by Gasteiger charge is -2.58. The topological polar surface area (TPSA) is 77.8 Å². The molecular weight excluding hydrogens is 316 g/mol. The van der Waals surface area contributed by atoms with Gasteiger partial charge in [-0.05, 0) is 67.4 Å². The monoisotopic (exact) mass is 344 g/mol. The Hall–Kier alpha value is -1.15. The maximum Gasteiger partial charge on any atom is 0.159 e. The second-order valence-electron chi connectivity index (χ2n) is 9.21. The van der Waals surface area contributed by atoms with Crippen LogP contribution in [0.5, 0.6) is 0 Å². The minimum Gasteiger partial charge on any atom is -0.390 e. The van der Waals surface area contributed by atoms with Gasteiger partial charge in [0.05, 0.1) is 6.10 Å². The molecule has 0 spiro atoms. The van der Waals surface area contributed by atoms with Crippen LogP contribution in [0.15, 0.2) is 11.6 Å². The summed E-state index contributed by atoms with van der Waals surface area (Å²) in [6.45, 7) is 4.19. The van der Waals surface area contributed by atoms with Crippen molar-refractivity contribution in [2.45, 2.75) is 70.2 Å². The van der Waals surface area contributed by atoms with E-state index in [-0.39, 0.29) is 29.0 Å². The smallest absolute Gasteiger partial charge is 0.159 e. The molecule has 8 atom stereocenters. The standard InChI is InChI=1S/C21H28O4/c1-4-21(25)10-6-13-17-12(5-9-20(13,21)3)19(2)8-7-15(22)18(24)14(19)11-16(17)23/h1,11-13,15,17-18,22,24-25H,5-10H2,2-3H3/t12-,13+,15?,17-,18?,19-,20+,21?/m1/s1. The molecule has 0 aliphatic heterocycles. The maximum absolute atomic E-state index is 13.1. The Balaban J connectivity index is 1.78. The van der Waals surface area contributed by atoms with E-state index in [0.29, 0.717) is 18.4 Å². The van der Waals surface area contributed by atoms with E-state index in [1.54, 1.807) is 6.08 Å². The van der Waals surface area contributed by atoms with Gasteiger partial charge in [-0.2, -0.15) is 0 Å². The van der Waals surface area contributed by atoms with Crippen LogP contribution < -0.4 is 0 Å². The quantitative estimate of drug-likeness (QED) is 0.586. The fraction of sp³-hybridized carbons (Fsp3) is 0.762. The van der Waals surface area contributed by atoms with Gasteiger partial charge in [0.25, 0.3) is 0 Å². The predicted octanol–water partition coefficient (Wildman–Crippen LogP) is 1.82. The first-order chi connectivity index (χ1) is 11.7. The number of hydrogen-bond donors (Lipinski definition) is 3. The summed E-state index contributed by atoms with van der Waals surface area (Å²) in [6.07, 6.45) is 9.84. The molecule has 136 valence electrons. The van der Waals surface area contributed by atoms with Crippen LogP contribution in [0.25, 0.3) is 0 Å². The molecule has 0 saturated heterocycles. The molecule has 4 nitrogen and oxygen atoms in total. The van der Waals surface area contributed by atoms with E-state index in [2.05, 4.69) is 19.8 Å². The number of aliphatic hydroxyl groups excluding tert-OH is 2. The highest BCUT2D eigenvalue weighted by Gasteiger charge is 2.65. The van der Waals surface area contributed by atoms with Crippen LogP contribution in [-0.4, -0.2) is 38.9 Å². The van der Waals surface area contributed by atoms with Crippen molar-refractivity contribution in [3.63, 3.8) is 0 Å². The van der Waals surface area contributed by atoms with Crippen LogP contribution >= 0.6 is 0 Å². The Kier molecular flexibility index (Phi) is 3.59. The normalized spacial score (nSPS) is 54.8. The van der Waals surface area contributed by atoms with E-state index in [0.717, 1.165) is 25.7 Å². The van der Waals surface area contributed by atoms with Gasteiger partial charge in [0, 0.05) is 11.3 Å². The molecule has 4 rings (SSSR count). The summed E-state index contributed by atoms with van der Waals surface area (Å²) in [6, 6.07) is 0. The predicted molar refractivity (Wildman–Crippen MR) is 93.3 cm³/mol. The molecular formula is C21H28O4. The number of rotatable bonds is 0. The lowest BCUT2D eigenvalue weighted by Crippen LogP contribution is -2.58. The zero-order chi connectivity index (χ0) is 18.2. The van der Waals surface area contributed by atoms with Crippen molar-refractivity contribution in [2.24, 2.45) is 28.6 Å². The van der Waals surface area contributed by atoms with Crippen LogP contribution in [0.4, 0.5) is 0 Å². The second kappa shape index (κ2) is 5.19. The van der Waals surface area contributed by atoms with Crippen LogP contribution in [0.1, 0.15) is 52.4 Å². The number of hydrogen-bond acceptors (Lipinski definition) is 4. The van der Waals surface area contributed by atoms with Gasteiger partial charge in [-0.3, -0.25) is 4.79 Å². The second-order valence-corrected chi connectivity index (χ2v) is 9.21. The Morgan fingerprint density at radius 3 is 2.48 bits per heavy atom. The van der Waals surface area contributed by atoms with Crippen molar-refractivity contribution in [1.29, 1.82) is 0 Å². The van der Waals surface area contributed by atoms with E-state index in [9.17, 15) is 20.1 Å². The minimum atomic E-state index is -1.13. The van der Waals surface area contributed by atoms with Gasteiger partial charge in [-0.1, -0.05) is 19.8 Å². The summed E-state index contributed by atoms with van der Waals surface area (Å²) in [5.74, 6) is 2.76. The van der Waals surface area contributed by atoms with Crippen LogP contribution in [0, 0.1) is 40.9 Å². The van der Waals surface area contributed by atoms with Crippen LogP contribution in [-0.2, 0) is 4.79 Å². The van der Waals surface area contributed by atoms with E-state index in [4.69, 9.17) is 6.42 Å². The van der Waals surface area contributed by atoms with Gasteiger partial charge in [0.15, 0.2) is 5.78 Å². The lowest BCUT2D eigenvalue weighted by atomic mass is 9.46. The minimum absolute atomic E-state index is 0.0443. The molecule has 0 heterocycles. The molecule has 4 heteroatoms. The largest absolute Gasteiger partial charge is 0.390 e. The number of ketones is 1. The first kappa shape index (κ1) is 17.3. The molecule has 3 unspecified atom stereocenters. The summed E-state index contributed by atoms with van der Waals surface area (Å²) in [7, 11) is 0. The Morgan fingerprint density at radius 2 is 1.80 bits per heavy atom. The summed E-state index contributed by atoms with van der Waals surface area (Å²) >= 11 is 0. The highest BCUT2D eigenvalue weighted by atomic mass is 16.3. The molecule has 0 radical (unpaired) electrons. The SMILES string of the molecule is C#CC1(O)CC[C@H]2[C@@H]3C(=O)C=C4C(O)C(O)CC[C@]4(C)[C@@H]3CC[C@@]21C. The van der Waals surface area contributed by atoms with E-state index in [1.807, 2.05) is 0 Å². The highest BCUT2D eigenvalue weighted by Crippen LogP contribution is 2.66. The number of allylic oxidation sites excluding steroid dienone is 1. The third-order valence-corrected chi connectivity index (χ3v) is 8.41. The summed E-state index contributed by atoms with van der Waals surface area (Å²) in [5, 5.41) is 31.5. The van der Waals surface area contributed by atoms with Crippen LogP contribution in [0.2, 0.25) is 0 Å². The molecule has 4 aliphatic rings. The summed E-state index contributed by atoms with van der Waals surface area (Å²) < 4.78 is 0. The summed E-state index contributed by atoms with van der Waals surface area (Å²) in [5.41, 5.74) is -1.09. The van der Waals surface area contributed by atoms with Gasteiger partial charge < -0.3 is 15.3 Å². The van der Waals surface area contributed by atoms with Crippen molar-refractivity contribution in [1.82, 2.24) is 0 Å². The van der Waals surface area contributed by atoms with E-state index < -0.39 is 23.2 Å².